The van der Waals surface area contributed by atoms with Gasteiger partial charge in [-0.15, -0.1) is 0 Å². The van der Waals surface area contributed by atoms with Gasteiger partial charge in [-0.3, -0.25) is 19.1 Å². The molecule has 224 valence electrons. The molecule has 2 aliphatic rings. The van der Waals surface area contributed by atoms with Crippen LogP contribution in [0, 0.1) is 23.6 Å². The first-order valence-electron chi connectivity index (χ1n) is 13.8. The second kappa shape index (κ2) is 12.2. The van der Waals surface area contributed by atoms with E-state index in [9.17, 15) is 27.6 Å². The van der Waals surface area contributed by atoms with Crippen molar-refractivity contribution >= 4 is 23.4 Å². The molecule has 5 N–H and O–H groups in total. The highest BCUT2D eigenvalue weighted by Gasteiger charge is 2.48. The SMILES string of the molecule is CC(C)n1nccc1C(=O)N[C@H](C(=O)Nc1ccc([C@H](C)C(=O)NC(CN)C(F)(F)F)cc1F)C(C1CC1)C1CC1. The molecule has 13 heteroatoms. The Hall–Kier alpha value is -3.48. The average molecular weight is 581 g/mol. The normalized spacial score (nSPS) is 17.7. The summed E-state index contributed by atoms with van der Waals surface area (Å²) in [6.07, 6.45) is 0.601. The maximum atomic E-state index is 15.1. The Bertz CT molecular complexity index is 1260. The zero-order valence-electron chi connectivity index (χ0n) is 23.2. The molecule has 0 aliphatic heterocycles. The number of carbonyl (C=O) groups excluding carboxylic acids is 3. The number of amides is 3. The number of halogens is 4. The Morgan fingerprint density at radius 2 is 1.66 bits per heavy atom. The van der Waals surface area contributed by atoms with E-state index in [0.717, 1.165) is 31.7 Å². The summed E-state index contributed by atoms with van der Waals surface area (Å²) in [7, 11) is 0. The van der Waals surface area contributed by atoms with Crippen LogP contribution in [-0.4, -0.2) is 52.3 Å². The molecule has 41 heavy (non-hydrogen) atoms. The molecule has 3 atom stereocenters. The van der Waals surface area contributed by atoms with Gasteiger partial charge in [0, 0.05) is 18.8 Å². The fraction of sp³-hybridized carbons (Fsp3) is 0.571. The van der Waals surface area contributed by atoms with E-state index in [1.807, 2.05) is 19.2 Å². The smallest absolute Gasteiger partial charge is 0.343 e. The number of nitrogens with two attached hydrogens (primary N) is 1. The van der Waals surface area contributed by atoms with Gasteiger partial charge >= 0.3 is 6.18 Å². The summed E-state index contributed by atoms with van der Waals surface area (Å²) in [4.78, 5) is 39.2. The van der Waals surface area contributed by atoms with Crippen molar-refractivity contribution in [1.82, 2.24) is 20.4 Å². The third-order valence-corrected chi connectivity index (χ3v) is 7.77. The second-order valence-corrected chi connectivity index (χ2v) is 11.2. The number of carbonyl (C=O) groups is 3. The van der Waals surface area contributed by atoms with Crippen molar-refractivity contribution in [3.8, 4) is 0 Å². The molecular formula is C28H36F4N6O3. The van der Waals surface area contributed by atoms with Gasteiger partial charge in [-0.05, 0) is 88.0 Å². The highest BCUT2D eigenvalue weighted by Crippen LogP contribution is 2.51. The summed E-state index contributed by atoms with van der Waals surface area (Å²) in [5, 5.41) is 11.5. The fourth-order valence-corrected chi connectivity index (χ4v) is 5.18. The maximum absolute atomic E-state index is 15.1. The van der Waals surface area contributed by atoms with E-state index in [2.05, 4.69) is 15.7 Å². The molecule has 2 fully saturated rings. The number of nitrogens with zero attached hydrogens (tertiary/aromatic N) is 2. The van der Waals surface area contributed by atoms with Crippen LogP contribution >= 0.6 is 0 Å². The Kier molecular flexibility index (Phi) is 9.05. The van der Waals surface area contributed by atoms with E-state index in [-0.39, 0.29) is 35.0 Å². The lowest BCUT2D eigenvalue weighted by Gasteiger charge is -2.28. The van der Waals surface area contributed by atoms with Gasteiger partial charge in [0.1, 0.15) is 23.6 Å². The van der Waals surface area contributed by atoms with Crippen LogP contribution in [0.2, 0.25) is 0 Å². The lowest BCUT2D eigenvalue weighted by Crippen LogP contribution is -2.51. The van der Waals surface area contributed by atoms with Gasteiger partial charge in [-0.25, -0.2) is 4.39 Å². The highest BCUT2D eigenvalue weighted by atomic mass is 19.4. The molecule has 3 amide bonds. The lowest BCUT2D eigenvalue weighted by molar-refractivity contribution is -0.160. The molecule has 2 saturated carbocycles. The molecule has 0 spiro atoms. The lowest BCUT2D eigenvalue weighted by atomic mass is 9.88. The van der Waals surface area contributed by atoms with Gasteiger partial charge in [0.2, 0.25) is 11.8 Å². The molecule has 1 aromatic carbocycles. The van der Waals surface area contributed by atoms with Crippen molar-refractivity contribution in [2.24, 2.45) is 23.5 Å². The number of anilines is 1. The molecule has 4 rings (SSSR count). The number of benzene rings is 1. The molecule has 1 unspecified atom stereocenters. The number of hydrogen-bond acceptors (Lipinski definition) is 5. The Morgan fingerprint density at radius 3 is 2.17 bits per heavy atom. The topological polar surface area (TPSA) is 131 Å². The van der Waals surface area contributed by atoms with Gasteiger partial charge in [-0.1, -0.05) is 6.07 Å². The van der Waals surface area contributed by atoms with Crippen LogP contribution in [0.25, 0.3) is 0 Å². The minimum atomic E-state index is -4.72. The van der Waals surface area contributed by atoms with E-state index in [0.29, 0.717) is 5.69 Å². The summed E-state index contributed by atoms with van der Waals surface area (Å²) in [6, 6.07) is 1.99. The quantitative estimate of drug-likeness (QED) is 0.283. The van der Waals surface area contributed by atoms with Gasteiger partial charge in [0.05, 0.1) is 11.6 Å². The van der Waals surface area contributed by atoms with E-state index >= 15 is 4.39 Å². The van der Waals surface area contributed by atoms with Crippen molar-refractivity contribution in [3.63, 3.8) is 0 Å². The maximum Gasteiger partial charge on any atom is 0.409 e. The average Bonchev–Trinajstić information content (AvgIpc) is 3.85. The standard InChI is InChI=1S/C28H36F4N6O3/c1-14(2)38-21(10-11-34-38)26(40)37-24(23(16-4-5-16)17-6-7-17)27(41)35-20-9-8-18(12-19(20)29)15(3)25(39)36-22(13-33)28(30,31)32/h8-12,14-17,22-24H,4-7,13,33H2,1-3H3,(H,35,41)(H,36,39)(H,37,40)/t15-,22?,24-/m0/s1. The molecule has 0 bridgehead atoms. The number of hydrogen-bond donors (Lipinski definition) is 4. The van der Waals surface area contributed by atoms with Crippen molar-refractivity contribution in [3.05, 3.63) is 47.5 Å². The predicted molar refractivity (Wildman–Crippen MR) is 143 cm³/mol. The van der Waals surface area contributed by atoms with Gasteiger partial charge in [-0.2, -0.15) is 18.3 Å². The number of rotatable bonds is 12. The van der Waals surface area contributed by atoms with Crippen LogP contribution in [-0.2, 0) is 9.59 Å². The van der Waals surface area contributed by atoms with Crippen LogP contribution in [0.15, 0.2) is 30.5 Å². The van der Waals surface area contributed by atoms with E-state index in [1.165, 1.54) is 25.3 Å². The number of nitrogens with one attached hydrogen (secondary N) is 3. The van der Waals surface area contributed by atoms with Crippen LogP contribution in [0.4, 0.5) is 23.2 Å². The third kappa shape index (κ3) is 7.24. The van der Waals surface area contributed by atoms with Crippen LogP contribution in [0.1, 0.15) is 74.5 Å². The van der Waals surface area contributed by atoms with Gasteiger partial charge in [0.25, 0.3) is 5.91 Å². The van der Waals surface area contributed by atoms with Crippen LogP contribution in [0.3, 0.4) is 0 Å². The number of aromatic nitrogens is 2. The van der Waals surface area contributed by atoms with Gasteiger partial charge in [0.15, 0.2) is 0 Å². The predicted octanol–water partition coefficient (Wildman–Crippen LogP) is 3.89. The van der Waals surface area contributed by atoms with E-state index in [4.69, 9.17) is 5.73 Å². The number of alkyl halides is 3. The molecule has 0 saturated heterocycles. The van der Waals surface area contributed by atoms with Crippen molar-refractivity contribution in [1.29, 1.82) is 0 Å². The zero-order chi connectivity index (χ0) is 30.1. The van der Waals surface area contributed by atoms with Crippen LogP contribution in [0.5, 0.6) is 0 Å². The first-order valence-corrected chi connectivity index (χ1v) is 13.8. The van der Waals surface area contributed by atoms with Crippen molar-refractivity contribution < 1.29 is 31.9 Å². The molecule has 0 radical (unpaired) electrons. The summed E-state index contributed by atoms with van der Waals surface area (Å²) in [5.74, 6) is -3.47. The Labute approximate surface area is 235 Å². The first kappa shape index (κ1) is 30.5. The molecule has 2 aromatic rings. The molecule has 9 nitrogen and oxygen atoms in total. The molecule has 1 aromatic heterocycles. The second-order valence-electron chi connectivity index (χ2n) is 11.2. The molecular weight excluding hydrogens is 544 g/mol. The van der Waals surface area contributed by atoms with Gasteiger partial charge < -0.3 is 21.7 Å². The summed E-state index contributed by atoms with van der Waals surface area (Å²) < 4.78 is 55.7. The minimum absolute atomic E-state index is 0.0765. The summed E-state index contributed by atoms with van der Waals surface area (Å²) in [5.41, 5.74) is 5.41. The van der Waals surface area contributed by atoms with E-state index in [1.54, 1.807) is 10.7 Å². The fourth-order valence-electron chi connectivity index (χ4n) is 5.18. The molecule has 1 heterocycles. The first-order chi connectivity index (χ1) is 19.3. The highest BCUT2D eigenvalue weighted by molar-refractivity contribution is 6.01. The zero-order valence-corrected chi connectivity index (χ0v) is 23.2. The Morgan fingerprint density at radius 1 is 1.02 bits per heavy atom. The van der Waals surface area contributed by atoms with Crippen molar-refractivity contribution in [2.75, 3.05) is 11.9 Å². The Balaban J connectivity index is 1.50. The van der Waals surface area contributed by atoms with Crippen LogP contribution < -0.4 is 21.7 Å². The van der Waals surface area contributed by atoms with Crippen molar-refractivity contribution in [2.45, 2.75) is 76.7 Å². The largest absolute Gasteiger partial charge is 0.409 e. The summed E-state index contributed by atoms with van der Waals surface area (Å²) >= 11 is 0. The molecule has 2 aliphatic carbocycles. The minimum Gasteiger partial charge on any atom is -0.343 e. The van der Waals surface area contributed by atoms with E-state index < -0.39 is 54.3 Å². The monoisotopic (exact) mass is 580 g/mol. The third-order valence-electron chi connectivity index (χ3n) is 7.77. The summed E-state index contributed by atoms with van der Waals surface area (Å²) in [6.45, 7) is 4.28.